The highest BCUT2D eigenvalue weighted by atomic mass is 32.2. The number of nitrogens with one attached hydrogen (secondary N) is 1. The molecule has 0 bridgehead atoms. The predicted octanol–water partition coefficient (Wildman–Crippen LogP) is 3.68. The number of hydrogen-bond donors (Lipinski definition) is 1. The van der Waals surface area contributed by atoms with Crippen LogP contribution in [0.1, 0.15) is 43.0 Å². The summed E-state index contributed by atoms with van der Waals surface area (Å²) in [6.45, 7) is 2.20. The minimum Gasteiger partial charge on any atom is -0.289 e. The van der Waals surface area contributed by atoms with Crippen LogP contribution < -0.4 is 10.2 Å². The summed E-state index contributed by atoms with van der Waals surface area (Å²) in [5.41, 5.74) is 1.67. The third-order valence-corrected chi connectivity index (χ3v) is 8.23. The molecule has 1 aromatic carbocycles. The predicted molar refractivity (Wildman–Crippen MR) is 99.5 cm³/mol. The summed E-state index contributed by atoms with van der Waals surface area (Å²) >= 11 is 1.65. The summed E-state index contributed by atoms with van der Waals surface area (Å²) in [4.78, 5) is 13.9. The van der Waals surface area contributed by atoms with Gasteiger partial charge in [0.15, 0.2) is 5.43 Å². The topological polar surface area (TPSA) is 63.2 Å². The van der Waals surface area contributed by atoms with Crippen LogP contribution in [-0.4, -0.2) is 13.7 Å². The molecule has 2 aliphatic rings. The van der Waals surface area contributed by atoms with Gasteiger partial charge in [-0.1, -0.05) is 13.3 Å². The Morgan fingerprint density at radius 3 is 2.75 bits per heavy atom. The molecule has 0 aliphatic heterocycles. The molecule has 0 radical (unpaired) electrons. The van der Waals surface area contributed by atoms with Crippen molar-refractivity contribution in [3.8, 4) is 0 Å². The molecule has 128 valence electrons. The Kier molecular flexibility index (Phi) is 3.92. The Morgan fingerprint density at radius 1 is 1.25 bits per heavy atom. The highest BCUT2D eigenvalue weighted by Crippen LogP contribution is 2.34. The first-order valence-electron chi connectivity index (χ1n) is 8.58. The van der Waals surface area contributed by atoms with Crippen LogP contribution in [0.5, 0.6) is 0 Å². The van der Waals surface area contributed by atoms with E-state index in [4.69, 9.17) is 0 Å². The van der Waals surface area contributed by atoms with Gasteiger partial charge in [-0.05, 0) is 56.2 Å². The maximum Gasteiger partial charge on any atom is 0.235 e. The Balaban J connectivity index is 1.75. The second kappa shape index (κ2) is 5.85. The van der Waals surface area contributed by atoms with Crippen molar-refractivity contribution < 1.29 is 8.42 Å². The highest BCUT2D eigenvalue weighted by molar-refractivity contribution is 7.93. The largest absolute Gasteiger partial charge is 0.289 e. The Morgan fingerprint density at radius 2 is 2.04 bits per heavy atom. The van der Waals surface area contributed by atoms with Crippen molar-refractivity contribution in [2.45, 2.75) is 50.7 Å². The maximum absolute atomic E-state index is 12.8. The van der Waals surface area contributed by atoms with Crippen LogP contribution in [0.2, 0.25) is 0 Å². The molecule has 0 amide bonds. The molecule has 4 rings (SSSR count). The number of sulfonamides is 1. The summed E-state index contributed by atoms with van der Waals surface area (Å²) in [5, 5.41) is 0.462. The standard InChI is InChI=1S/C18H21NO3S2/c1-2-11-3-7-14-16(9-11)23-17-10-12(4-8-15(17)18(14)20)19-24(21,22)13-5-6-13/h4,8,10-11,13,19H,2-3,5-7,9H2,1H3. The van der Waals surface area contributed by atoms with Crippen molar-refractivity contribution in [2.24, 2.45) is 5.92 Å². The zero-order chi connectivity index (χ0) is 16.9. The summed E-state index contributed by atoms with van der Waals surface area (Å²) in [7, 11) is -3.27. The highest BCUT2D eigenvalue weighted by Gasteiger charge is 2.35. The van der Waals surface area contributed by atoms with E-state index in [0.29, 0.717) is 17.0 Å². The van der Waals surface area contributed by atoms with Crippen LogP contribution in [-0.2, 0) is 22.9 Å². The molecule has 0 spiro atoms. The molecule has 1 aromatic heterocycles. The van der Waals surface area contributed by atoms with Gasteiger partial charge in [0.1, 0.15) is 0 Å². The quantitative estimate of drug-likeness (QED) is 0.901. The zero-order valence-corrected chi connectivity index (χ0v) is 15.3. The fraction of sp³-hybridized carbons (Fsp3) is 0.500. The SMILES string of the molecule is CCC1CCc2c(sc3cc(NS(=O)(=O)C4CC4)ccc3c2=O)C1. The van der Waals surface area contributed by atoms with Crippen LogP contribution in [0, 0.1) is 5.92 Å². The summed E-state index contributed by atoms with van der Waals surface area (Å²) in [5.74, 6) is 0.655. The van der Waals surface area contributed by atoms with E-state index in [1.165, 1.54) is 4.88 Å². The molecule has 2 aromatic rings. The smallest absolute Gasteiger partial charge is 0.235 e. The van der Waals surface area contributed by atoms with E-state index in [1.54, 1.807) is 23.5 Å². The van der Waals surface area contributed by atoms with Gasteiger partial charge >= 0.3 is 0 Å². The Bertz CT molecular complexity index is 958. The lowest BCUT2D eigenvalue weighted by atomic mass is 9.87. The second-order valence-electron chi connectivity index (χ2n) is 6.91. The van der Waals surface area contributed by atoms with E-state index in [0.717, 1.165) is 48.8 Å². The fourth-order valence-corrected chi connectivity index (χ4v) is 6.18. The molecular weight excluding hydrogens is 342 g/mol. The first kappa shape index (κ1) is 16.1. The number of hydrogen-bond acceptors (Lipinski definition) is 4. The van der Waals surface area contributed by atoms with Crippen LogP contribution in [0.3, 0.4) is 0 Å². The normalized spacial score (nSPS) is 20.8. The van der Waals surface area contributed by atoms with Gasteiger partial charge in [-0.25, -0.2) is 8.42 Å². The van der Waals surface area contributed by atoms with Crippen LogP contribution in [0.15, 0.2) is 23.0 Å². The molecule has 1 saturated carbocycles. The average Bonchev–Trinajstić information content (AvgIpc) is 3.39. The lowest BCUT2D eigenvalue weighted by Gasteiger charge is -2.22. The molecule has 1 unspecified atom stereocenters. The lowest BCUT2D eigenvalue weighted by Crippen LogP contribution is -2.20. The van der Waals surface area contributed by atoms with E-state index < -0.39 is 10.0 Å². The van der Waals surface area contributed by atoms with Crippen molar-refractivity contribution in [3.05, 3.63) is 38.9 Å². The maximum atomic E-state index is 12.8. The van der Waals surface area contributed by atoms with Gasteiger partial charge in [0.25, 0.3) is 0 Å². The zero-order valence-electron chi connectivity index (χ0n) is 13.7. The van der Waals surface area contributed by atoms with E-state index in [1.807, 2.05) is 6.07 Å². The molecule has 2 aliphatic carbocycles. The lowest BCUT2D eigenvalue weighted by molar-refractivity contribution is 0.448. The summed E-state index contributed by atoms with van der Waals surface area (Å²) in [6, 6.07) is 5.29. The van der Waals surface area contributed by atoms with Gasteiger partial charge in [0.2, 0.25) is 10.0 Å². The number of fused-ring (bicyclic) bond motifs is 2. The monoisotopic (exact) mass is 363 g/mol. The van der Waals surface area contributed by atoms with Crippen molar-refractivity contribution >= 4 is 37.1 Å². The van der Waals surface area contributed by atoms with E-state index in [9.17, 15) is 13.2 Å². The van der Waals surface area contributed by atoms with Gasteiger partial charge in [0.05, 0.1) is 5.25 Å². The number of anilines is 1. The first-order valence-corrected chi connectivity index (χ1v) is 10.9. The average molecular weight is 364 g/mol. The number of benzene rings is 1. The number of rotatable bonds is 4. The van der Waals surface area contributed by atoms with Crippen LogP contribution >= 0.6 is 11.3 Å². The van der Waals surface area contributed by atoms with Gasteiger partial charge in [-0.3, -0.25) is 9.52 Å². The van der Waals surface area contributed by atoms with Gasteiger partial charge in [-0.15, -0.1) is 11.3 Å². The van der Waals surface area contributed by atoms with E-state index >= 15 is 0 Å². The first-order chi connectivity index (χ1) is 11.5. The Labute approximate surface area is 146 Å². The molecule has 6 heteroatoms. The Hall–Kier alpha value is -1.40. The molecule has 1 atom stereocenters. The van der Waals surface area contributed by atoms with Crippen LogP contribution in [0.4, 0.5) is 5.69 Å². The molecule has 4 nitrogen and oxygen atoms in total. The third kappa shape index (κ3) is 2.86. The van der Waals surface area contributed by atoms with Crippen molar-refractivity contribution in [3.63, 3.8) is 0 Å². The van der Waals surface area contributed by atoms with Crippen molar-refractivity contribution in [1.82, 2.24) is 0 Å². The van der Waals surface area contributed by atoms with Crippen molar-refractivity contribution in [1.29, 1.82) is 0 Å². The third-order valence-electron chi connectivity index (χ3n) is 5.15. The van der Waals surface area contributed by atoms with Gasteiger partial charge in [-0.2, -0.15) is 0 Å². The second-order valence-corrected chi connectivity index (χ2v) is 10.0. The summed E-state index contributed by atoms with van der Waals surface area (Å²) in [6.07, 6.45) is 5.55. The summed E-state index contributed by atoms with van der Waals surface area (Å²) < 4.78 is 27.8. The molecular formula is C18H21NO3S2. The van der Waals surface area contributed by atoms with Crippen LogP contribution in [0.25, 0.3) is 10.1 Å². The molecule has 24 heavy (non-hydrogen) atoms. The molecule has 1 fully saturated rings. The minimum atomic E-state index is -3.27. The minimum absolute atomic E-state index is 0.130. The van der Waals surface area contributed by atoms with Gasteiger partial charge in [0, 0.05) is 26.2 Å². The van der Waals surface area contributed by atoms with Crippen molar-refractivity contribution in [2.75, 3.05) is 4.72 Å². The molecule has 0 saturated heterocycles. The van der Waals surface area contributed by atoms with E-state index in [2.05, 4.69) is 11.6 Å². The van der Waals surface area contributed by atoms with E-state index in [-0.39, 0.29) is 10.7 Å². The van der Waals surface area contributed by atoms with Gasteiger partial charge < -0.3 is 0 Å². The fourth-order valence-electron chi connectivity index (χ4n) is 3.45. The molecule has 1 N–H and O–H groups in total. The molecule has 1 heterocycles.